The molecule has 53 heavy (non-hydrogen) atoms. The van der Waals surface area contributed by atoms with Crippen LogP contribution in [0.4, 0.5) is 4.79 Å². The summed E-state index contributed by atoms with van der Waals surface area (Å²) >= 11 is 0. The molecule has 3 heterocycles. The van der Waals surface area contributed by atoms with Gasteiger partial charge >= 0.3 is 6.09 Å². The van der Waals surface area contributed by atoms with Gasteiger partial charge in [-0.25, -0.2) is 13.2 Å². The number of aliphatic hydroxyl groups is 1. The Labute approximate surface area is 310 Å². The molecule has 5 atom stereocenters. The lowest BCUT2D eigenvalue weighted by atomic mass is 9.87. The van der Waals surface area contributed by atoms with Crippen LogP contribution in [-0.2, 0) is 30.7 Å². The monoisotopic (exact) mass is 751 g/mol. The number of fused-ring (bicyclic) bond motifs is 2. The molecule has 0 bridgehead atoms. The Bertz CT molecular complexity index is 1790. The van der Waals surface area contributed by atoms with Gasteiger partial charge in [0.25, 0.3) is 5.91 Å². The largest absolute Gasteiger partial charge is 0.454 e. The van der Waals surface area contributed by atoms with Crippen LogP contribution in [0.25, 0.3) is 0 Å². The van der Waals surface area contributed by atoms with Crippen LogP contribution < -0.4 is 20.1 Å². The van der Waals surface area contributed by atoms with E-state index in [1.165, 1.54) is 16.4 Å². The van der Waals surface area contributed by atoms with Crippen LogP contribution in [-0.4, -0.2) is 94.0 Å². The van der Waals surface area contributed by atoms with Crippen molar-refractivity contribution < 1.29 is 46.8 Å². The molecule has 3 aliphatic heterocycles. The van der Waals surface area contributed by atoms with Crippen molar-refractivity contribution in [3.8, 4) is 11.5 Å². The second-order valence-electron chi connectivity index (χ2n) is 14.5. The lowest BCUT2D eigenvalue weighted by Gasteiger charge is -2.35. The van der Waals surface area contributed by atoms with Crippen molar-refractivity contribution in [1.29, 1.82) is 0 Å². The minimum absolute atomic E-state index is 0.00470. The first-order chi connectivity index (χ1) is 25.5. The fraction of sp³-hybridized carbons (Fsp3) is 0.487. The van der Waals surface area contributed by atoms with Crippen LogP contribution in [0.3, 0.4) is 0 Å². The van der Waals surface area contributed by atoms with E-state index < -0.39 is 46.1 Å². The van der Waals surface area contributed by atoms with E-state index in [0.717, 1.165) is 12.0 Å². The van der Waals surface area contributed by atoms with Crippen molar-refractivity contribution in [2.45, 2.75) is 75.4 Å². The number of carbonyl (C=O) groups excluding carboxylic acids is 2. The first-order valence-electron chi connectivity index (χ1n) is 18.1. The van der Waals surface area contributed by atoms with Crippen LogP contribution >= 0.6 is 0 Å². The quantitative estimate of drug-likeness (QED) is 0.168. The van der Waals surface area contributed by atoms with Gasteiger partial charge in [0, 0.05) is 31.3 Å². The molecule has 3 aromatic rings. The Hall–Kier alpha value is -4.21. The molecule has 0 radical (unpaired) electrons. The summed E-state index contributed by atoms with van der Waals surface area (Å²) in [7, 11) is -4.18. The van der Waals surface area contributed by atoms with Gasteiger partial charge in [0.2, 0.25) is 16.8 Å². The smallest absolute Gasteiger partial charge is 0.407 e. The number of hydrogen-bond acceptors (Lipinski definition) is 10. The second-order valence-corrected chi connectivity index (χ2v) is 16.5. The third kappa shape index (κ3) is 10.1. The maximum absolute atomic E-state index is 14.4. The minimum atomic E-state index is -4.18. The molecule has 0 aliphatic carbocycles. The highest BCUT2D eigenvalue weighted by molar-refractivity contribution is 7.89. The number of nitrogens with one attached hydrogen (secondary N) is 2. The number of aliphatic hydroxyl groups excluding tert-OH is 1. The van der Waals surface area contributed by atoms with E-state index in [-0.39, 0.29) is 49.6 Å². The summed E-state index contributed by atoms with van der Waals surface area (Å²) in [6.45, 7) is 4.93. The third-order valence-corrected chi connectivity index (χ3v) is 11.7. The normalized spacial score (nSPS) is 20.5. The zero-order valence-electron chi connectivity index (χ0n) is 30.1. The predicted octanol–water partition coefficient (Wildman–Crippen LogP) is 4.49. The second kappa shape index (κ2) is 17.3. The Kier molecular flexibility index (Phi) is 12.6. The van der Waals surface area contributed by atoms with E-state index in [1.54, 1.807) is 18.2 Å². The SMILES string of the molecule is CC(C)(CCCCNC(=O)c1ccccc1)CN(C[C@@H](O)[C@H](Cc1ccccc1)NC(=O)O[C@H]1CO[C@H]2OCC[C@H]21)S(=O)(=O)c1ccc2c(c1)OCO2. The molecule has 0 aromatic heterocycles. The lowest BCUT2D eigenvalue weighted by molar-refractivity contribution is -0.0907. The highest BCUT2D eigenvalue weighted by Gasteiger charge is 2.44. The van der Waals surface area contributed by atoms with E-state index in [9.17, 15) is 23.1 Å². The van der Waals surface area contributed by atoms with Crippen molar-refractivity contribution in [3.05, 3.63) is 90.0 Å². The molecule has 0 saturated carbocycles. The molecule has 6 rings (SSSR count). The molecule has 2 fully saturated rings. The maximum atomic E-state index is 14.4. The summed E-state index contributed by atoms with van der Waals surface area (Å²) in [5.41, 5.74) is 0.903. The number of amides is 2. The summed E-state index contributed by atoms with van der Waals surface area (Å²) in [6, 6.07) is 21.9. The lowest BCUT2D eigenvalue weighted by Crippen LogP contribution is -2.52. The average Bonchev–Trinajstić information content (AvgIpc) is 3.90. The Morgan fingerprint density at radius 2 is 1.72 bits per heavy atom. The summed E-state index contributed by atoms with van der Waals surface area (Å²) in [4.78, 5) is 25.8. The topological polar surface area (TPSA) is 162 Å². The van der Waals surface area contributed by atoms with Gasteiger partial charge in [-0.05, 0) is 60.9 Å². The molecule has 286 valence electrons. The molecule has 2 saturated heterocycles. The summed E-state index contributed by atoms with van der Waals surface area (Å²) in [6.07, 6.45) is 0.0677. The third-order valence-electron chi connectivity index (χ3n) is 9.89. The fourth-order valence-corrected chi connectivity index (χ4v) is 8.63. The van der Waals surface area contributed by atoms with Gasteiger partial charge in [-0.15, -0.1) is 0 Å². The van der Waals surface area contributed by atoms with Crippen LogP contribution in [0.5, 0.6) is 11.5 Å². The van der Waals surface area contributed by atoms with Crippen molar-refractivity contribution >= 4 is 22.0 Å². The summed E-state index contributed by atoms with van der Waals surface area (Å²) in [5.74, 6) is 0.559. The molecular weight excluding hydrogens is 703 g/mol. The molecule has 2 amide bonds. The van der Waals surface area contributed by atoms with Crippen LogP contribution in [0.2, 0.25) is 0 Å². The molecule has 3 N–H and O–H groups in total. The van der Waals surface area contributed by atoms with Crippen molar-refractivity contribution in [2.75, 3.05) is 39.6 Å². The van der Waals surface area contributed by atoms with Gasteiger partial charge < -0.3 is 39.4 Å². The highest BCUT2D eigenvalue weighted by Crippen LogP contribution is 2.36. The highest BCUT2D eigenvalue weighted by atomic mass is 32.2. The predicted molar refractivity (Wildman–Crippen MR) is 195 cm³/mol. The first-order valence-corrected chi connectivity index (χ1v) is 19.6. The zero-order chi connectivity index (χ0) is 37.4. The number of unbranched alkanes of at least 4 members (excludes halogenated alkanes) is 1. The van der Waals surface area contributed by atoms with E-state index in [1.807, 2.05) is 62.4 Å². The Balaban J connectivity index is 1.16. The Morgan fingerprint density at radius 1 is 0.981 bits per heavy atom. The van der Waals surface area contributed by atoms with Gasteiger partial charge in [-0.1, -0.05) is 68.8 Å². The summed E-state index contributed by atoms with van der Waals surface area (Å²) in [5, 5.41) is 17.6. The van der Waals surface area contributed by atoms with Crippen molar-refractivity contribution in [1.82, 2.24) is 14.9 Å². The number of ether oxygens (including phenoxy) is 5. The van der Waals surface area contributed by atoms with Crippen molar-refractivity contribution in [2.24, 2.45) is 11.3 Å². The van der Waals surface area contributed by atoms with Crippen LogP contribution in [0, 0.1) is 11.3 Å². The number of benzene rings is 3. The Morgan fingerprint density at radius 3 is 2.49 bits per heavy atom. The molecular formula is C39H49N3O10S. The minimum Gasteiger partial charge on any atom is -0.454 e. The molecule has 3 aromatic carbocycles. The van der Waals surface area contributed by atoms with Gasteiger partial charge in [0.05, 0.1) is 36.2 Å². The van der Waals surface area contributed by atoms with E-state index in [0.29, 0.717) is 49.5 Å². The van der Waals surface area contributed by atoms with Gasteiger partial charge in [-0.2, -0.15) is 4.31 Å². The number of nitrogens with zero attached hydrogens (tertiary/aromatic N) is 1. The van der Waals surface area contributed by atoms with Gasteiger partial charge in [0.15, 0.2) is 17.8 Å². The summed E-state index contributed by atoms with van der Waals surface area (Å²) < 4.78 is 57.9. The van der Waals surface area contributed by atoms with E-state index >= 15 is 0 Å². The van der Waals surface area contributed by atoms with Crippen molar-refractivity contribution in [3.63, 3.8) is 0 Å². The van der Waals surface area contributed by atoms with Crippen LogP contribution in [0.1, 0.15) is 55.5 Å². The first kappa shape index (κ1) is 38.5. The van der Waals surface area contributed by atoms with E-state index in [2.05, 4.69) is 10.6 Å². The number of hydrogen-bond donors (Lipinski definition) is 3. The van der Waals surface area contributed by atoms with Gasteiger partial charge in [-0.3, -0.25) is 4.79 Å². The number of carbonyl (C=O) groups is 2. The molecule has 3 aliphatic rings. The molecule has 0 spiro atoms. The molecule has 13 nitrogen and oxygen atoms in total. The zero-order valence-corrected chi connectivity index (χ0v) is 31.0. The average molecular weight is 752 g/mol. The standard InChI is InChI=1S/C39H49N3O10S/c1-39(2,18-9-10-19-40-36(44)28-13-7-4-8-14-28)25-42(53(46,47)29-15-16-33-34(22-29)51-26-50-33)23-32(43)31(21-27-11-5-3-6-12-27)41-38(45)52-35-24-49-37-30(35)17-20-48-37/h3-8,11-16,22,30-32,35,37,43H,9-10,17-21,23-26H2,1-2H3,(H,40,44)(H,41,45)/t30-,31-,32+,35-,37+/m0/s1. The fourth-order valence-electron chi connectivity index (χ4n) is 6.97. The number of sulfonamides is 1. The maximum Gasteiger partial charge on any atom is 0.407 e. The number of rotatable bonds is 17. The van der Waals surface area contributed by atoms with Gasteiger partial charge in [0.1, 0.15) is 6.10 Å². The van der Waals surface area contributed by atoms with E-state index in [4.69, 9.17) is 23.7 Å². The molecule has 0 unspecified atom stereocenters. The number of alkyl carbamates (subject to hydrolysis) is 1. The van der Waals surface area contributed by atoms with Crippen LogP contribution in [0.15, 0.2) is 83.8 Å². The molecule has 14 heteroatoms.